The number of halogens is 3. The maximum atomic E-state index is 13.7. The van der Waals surface area contributed by atoms with E-state index in [9.17, 15) is 18.0 Å². The number of aromatic nitrogens is 4. The van der Waals surface area contributed by atoms with Crippen LogP contribution >= 0.6 is 0 Å². The predicted molar refractivity (Wildman–Crippen MR) is 103 cm³/mol. The Hall–Kier alpha value is -3.43. The summed E-state index contributed by atoms with van der Waals surface area (Å²) in [5, 5.41) is 9.59. The van der Waals surface area contributed by atoms with E-state index in [0.29, 0.717) is 11.3 Å². The summed E-state index contributed by atoms with van der Waals surface area (Å²) >= 11 is 0. The van der Waals surface area contributed by atoms with Crippen molar-refractivity contribution in [1.82, 2.24) is 25.1 Å². The molecular formula is C20H19F3N6O. The molecular weight excluding hydrogens is 397 g/mol. The monoisotopic (exact) mass is 416 g/mol. The van der Waals surface area contributed by atoms with Crippen molar-refractivity contribution in [3.05, 3.63) is 71.4 Å². The van der Waals surface area contributed by atoms with Gasteiger partial charge in [-0.1, -0.05) is 30.3 Å². The Balaban J connectivity index is 1.60. The van der Waals surface area contributed by atoms with Crippen molar-refractivity contribution in [2.24, 2.45) is 0 Å². The molecule has 7 nitrogen and oxygen atoms in total. The lowest BCUT2D eigenvalue weighted by Gasteiger charge is -2.34. The number of rotatable bonds is 4. The molecule has 0 radical (unpaired) electrons. The minimum Gasteiger partial charge on any atom is -0.363 e. The lowest BCUT2D eigenvalue weighted by molar-refractivity contribution is -0.173. The Morgan fingerprint density at radius 2 is 1.97 bits per heavy atom. The van der Waals surface area contributed by atoms with Gasteiger partial charge in [-0.15, -0.1) is 0 Å². The molecule has 0 bridgehead atoms. The molecule has 2 atom stereocenters. The molecule has 10 heteroatoms. The highest BCUT2D eigenvalue weighted by atomic mass is 19.4. The van der Waals surface area contributed by atoms with E-state index in [0.717, 1.165) is 16.6 Å². The fraction of sp³-hybridized carbons (Fsp3) is 0.300. The molecule has 0 aliphatic carbocycles. The second-order valence-electron chi connectivity index (χ2n) is 7.08. The summed E-state index contributed by atoms with van der Waals surface area (Å²) in [6.07, 6.45) is -0.455. The number of alkyl halides is 3. The summed E-state index contributed by atoms with van der Waals surface area (Å²) in [6, 6.07) is 6.41. The van der Waals surface area contributed by atoms with Crippen LogP contribution in [0.3, 0.4) is 0 Å². The molecule has 1 aromatic carbocycles. The van der Waals surface area contributed by atoms with E-state index < -0.39 is 24.2 Å². The minimum atomic E-state index is -4.50. The van der Waals surface area contributed by atoms with Crippen LogP contribution in [0, 0.1) is 6.92 Å². The number of amides is 1. The molecule has 1 amide bonds. The molecule has 3 aromatic rings. The van der Waals surface area contributed by atoms with Gasteiger partial charge in [-0.25, -0.2) is 4.68 Å². The van der Waals surface area contributed by atoms with Crippen LogP contribution in [0.25, 0.3) is 0 Å². The standard InChI is InChI=1S/C20H19F3N6O/c1-12-8-25-14(9-24-12)10-26-19(30)15-11-27-29-17(20(21,22)23)7-16(28-18(15)29)13-5-3-2-4-6-13/h2-6,8-9,11,16-17,28H,7,10H2,1H3,(H,26,30)/t16-,17+/m1/s1. The van der Waals surface area contributed by atoms with Crippen molar-refractivity contribution >= 4 is 11.7 Å². The Morgan fingerprint density at radius 1 is 1.20 bits per heavy atom. The van der Waals surface area contributed by atoms with Crippen LogP contribution in [0.5, 0.6) is 0 Å². The molecule has 0 unspecified atom stereocenters. The Bertz CT molecular complexity index is 1030. The van der Waals surface area contributed by atoms with Crippen molar-refractivity contribution in [2.45, 2.75) is 38.1 Å². The number of hydrogen-bond acceptors (Lipinski definition) is 5. The second-order valence-corrected chi connectivity index (χ2v) is 7.08. The third-order valence-corrected chi connectivity index (χ3v) is 4.95. The van der Waals surface area contributed by atoms with Gasteiger partial charge in [0, 0.05) is 12.6 Å². The average Bonchev–Trinajstić information content (AvgIpc) is 3.16. The Morgan fingerprint density at radius 3 is 2.63 bits per heavy atom. The maximum absolute atomic E-state index is 13.7. The highest BCUT2D eigenvalue weighted by Gasteiger charge is 2.47. The van der Waals surface area contributed by atoms with Gasteiger partial charge in [0.1, 0.15) is 11.4 Å². The summed E-state index contributed by atoms with van der Waals surface area (Å²) in [5.41, 5.74) is 2.04. The van der Waals surface area contributed by atoms with Crippen molar-refractivity contribution in [3.8, 4) is 0 Å². The zero-order valence-electron chi connectivity index (χ0n) is 16.0. The number of nitrogens with one attached hydrogen (secondary N) is 2. The lowest BCUT2D eigenvalue weighted by Crippen LogP contribution is -2.36. The van der Waals surface area contributed by atoms with Crippen LogP contribution in [0.15, 0.2) is 48.9 Å². The van der Waals surface area contributed by atoms with E-state index in [2.05, 4.69) is 25.7 Å². The molecule has 1 aliphatic heterocycles. The number of fused-ring (bicyclic) bond motifs is 1. The van der Waals surface area contributed by atoms with Crippen LogP contribution in [0.1, 0.15) is 45.8 Å². The topological polar surface area (TPSA) is 84.7 Å². The highest BCUT2D eigenvalue weighted by molar-refractivity contribution is 5.98. The van der Waals surface area contributed by atoms with E-state index >= 15 is 0 Å². The van der Waals surface area contributed by atoms with Gasteiger partial charge in [-0.05, 0) is 12.5 Å². The smallest absolute Gasteiger partial charge is 0.363 e. The van der Waals surface area contributed by atoms with Gasteiger partial charge in [0.2, 0.25) is 0 Å². The van der Waals surface area contributed by atoms with E-state index in [1.54, 1.807) is 43.5 Å². The normalized spacial score (nSPS) is 18.4. The first kappa shape index (κ1) is 19.9. The van der Waals surface area contributed by atoms with Gasteiger partial charge < -0.3 is 10.6 Å². The third-order valence-electron chi connectivity index (χ3n) is 4.95. The Labute approximate surface area is 170 Å². The summed E-state index contributed by atoms with van der Waals surface area (Å²) in [5.74, 6) is -0.495. The van der Waals surface area contributed by atoms with Gasteiger partial charge in [0.05, 0.1) is 36.4 Å². The number of carbonyl (C=O) groups is 1. The average molecular weight is 416 g/mol. The molecule has 3 heterocycles. The number of nitrogens with zero attached hydrogens (tertiary/aromatic N) is 4. The van der Waals surface area contributed by atoms with Gasteiger partial charge >= 0.3 is 6.18 Å². The van der Waals surface area contributed by atoms with Crippen molar-refractivity contribution < 1.29 is 18.0 Å². The van der Waals surface area contributed by atoms with Gasteiger partial charge in [0.25, 0.3) is 5.91 Å². The number of benzene rings is 1. The maximum Gasteiger partial charge on any atom is 0.410 e. The van der Waals surface area contributed by atoms with E-state index in [-0.39, 0.29) is 24.3 Å². The van der Waals surface area contributed by atoms with Crippen LogP contribution in [-0.2, 0) is 6.54 Å². The molecule has 4 rings (SSSR count). The van der Waals surface area contributed by atoms with Crippen LogP contribution in [0.2, 0.25) is 0 Å². The number of aryl methyl sites for hydroxylation is 1. The zero-order valence-corrected chi connectivity index (χ0v) is 16.0. The van der Waals surface area contributed by atoms with E-state index in [1.165, 1.54) is 6.20 Å². The molecule has 30 heavy (non-hydrogen) atoms. The highest BCUT2D eigenvalue weighted by Crippen LogP contribution is 2.44. The van der Waals surface area contributed by atoms with Gasteiger partial charge in [-0.3, -0.25) is 14.8 Å². The molecule has 1 aliphatic rings. The quantitative estimate of drug-likeness (QED) is 0.679. The fourth-order valence-electron chi connectivity index (χ4n) is 3.41. The number of carbonyl (C=O) groups excluding carboxylic acids is 1. The first-order chi connectivity index (χ1) is 14.3. The third kappa shape index (κ3) is 3.98. The molecule has 0 saturated heterocycles. The first-order valence-corrected chi connectivity index (χ1v) is 9.34. The zero-order chi connectivity index (χ0) is 21.3. The number of anilines is 1. The molecule has 2 aromatic heterocycles. The molecule has 0 fully saturated rings. The van der Waals surface area contributed by atoms with E-state index in [4.69, 9.17) is 0 Å². The molecule has 0 saturated carbocycles. The van der Waals surface area contributed by atoms with Crippen molar-refractivity contribution in [2.75, 3.05) is 5.32 Å². The van der Waals surface area contributed by atoms with Gasteiger partial charge in [0.15, 0.2) is 6.04 Å². The van der Waals surface area contributed by atoms with Crippen molar-refractivity contribution in [3.63, 3.8) is 0 Å². The van der Waals surface area contributed by atoms with E-state index in [1.807, 2.05) is 0 Å². The summed E-state index contributed by atoms with van der Waals surface area (Å²) in [4.78, 5) is 20.9. The largest absolute Gasteiger partial charge is 0.410 e. The summed E-state index contributed by atoms with van der Waals surface area (Å²) in [7, 11) is 0. The molecule has 0 spiro atoms. The fourth-order valence-corrected chi connectivity index (χ4v) is 3.41. The summed E-state index contributed by atoms with van der Waals surface area (Å²) < 4.78 is 42.0. The van der Waals surface area contributed by atoms with Crippen LogP contribution < -0.4 is 10.6 Å². The van der Waals surface area contributed by atoms with Crippen LogP contribution in [-0.4, -0.2) is 31.8 Å². The Kier molecular flexibility index (Phi) is 5.15. The summed E-state index contributed by atoms with van der Waals surface area (Å²) in [6.45, 7) is 1.89. The SMILES string of the molecule is Cc1cnc(CNC(=O)c2cnn3c2N[C@@H](c2ccccc2)C[C@H]3C(F)(F)F)cn1. The van der Waals surface area contributed by atoms with Crippen molar-refractivity contribution in [1.29, 1.82) is 0 Å². The first-order valence-electron chi connectivity index (χ1n) is 9.34. The molecule has 156 valence electrons. The second kappa shape index (κ2) is 7.77. The van der Waals surface area contributed by atoms with Crippen LogP contribution in [0.4, 0.5) is 19.0 Å². The predicted octanol–water partition coefficient (Wildman–Crippen LogP) is 3.57. The van der Waals surface area contributed by atoms with Gasteiger partial charge in [-0.2, -0.15) is 18.3 Å². The minimum absolute atomic E-state index is 0.0462. The number of hydrogen-bond donors (Lipinski definition) is 2. The molecule has 2 N–H and O–H groups in total. The lowest BCUT2D eigenvalue weighted by atomic mass is 9.96.